The SMILES string of the molecule is Cc1noc(C)c1S(=O)(=O)NCc1ccc(CN)cc1. The molecule has 7 heteroatoms. The largest absolute Gasteiger partial charge is 0.360 e. The summed E-state index contributed by atoms with van der Waals surface area (Å²) in [6, 6.07) is 7.44. The van der Waals surface area contributed by atoms with E-state index in [2.05, 4.69) is 9.88 Å². The molecule has 1 aromatic carbocycles. The van der Waals surface area contributed by atoms with Crippen LogP contribution in [-0.2, 0) is 23.1 Å². The summed E-state index contributed by atoms with van der Waals surface area (Å²) in [5, 5.41) is 3.65. The third kappa shape index (κ3) is 3.06. The van der Waals surface area contributed by atoms with Gasteiger partial charge in [-0.2, -0.15) is 0 Å². The predicted molar refractivity (Wildman–Crippen MR) is 74.3 cm³/mol. The van der Waals surface area contributed by atoms with E-state index in [0.717, 1.165) is 11.1 Å². The zero-order valence-electron chi connectivity index (χ0n) is 11.4. The number of aryl methyl sites for hydroxylation is 2. The second-order valence-electron chi connectivity index (χ2n) is 4.50. The Morgan fingerprint density at radius 3 is 2.30 bits per heavy atom. The first kappa shape index (κ1) is 14.7. The lowest BCUT2D eigenvalue weighted by atomic mass is 10.1. The summed E-state index contributed by atoms with van der Waals surface area (Å²) < 4.78 is 31.8. The third-order valence-electron chi connectivity index (χ3n) is 2.96. The minimum Gasteiger partial charge on any atom is -0.360 e. The first-order valence-electron chi connectivity index (χ1n) is 6.14. The Hall–Kier alpha value is -1.70. The molecule has 0 aliphatic heterocycles. The van der Waals surface area contributed by atoms with Crippen molar-refractivity contribution in [2.45, 2.75) is 31.8 Å². The molecule has 0 spiro atoms. The molecule has 2 rings (SSSR count). The van der Waals surface area contributed by atoms with Crippen LogP contribution in [0.15, 0.2) is 33.7 Å². The van der Waals surface area contributed by atoms with Crippen LogP contribution in [0.4, 0.5) is 0 Å². The number of aromatic nitrogens is 1. The number of nitrogens with zero attached hydrogens (tertiary/aromatic N) is 1. The van der Waals surface area contributed by atoms with Gasteiger partial charge in [-0.1, -0.05) is 29.4 Å². The average Bonchev–Trinajstić information content (AvgIpc) is 2.77. The van der Waals surface area contributed by atoms with Crippen molar-refractivity contribution in [3.05, 3.63) is 46.8 Å². The fraction of sp³-hybridized carbons (Fsp3) is 0.308. The van der Waals surface area contributed by atoms with Gasteiger partial charge in [0, 0.05) is 13.1 Å². The van der Waals surface area contributed by atoms with E-state index in [1.165, 1.54) is 0 Å². The molecule has 0 saturated carbocycles. The summed E-state index contributed by atoms with van der Waals surface area (Å²) in [5.41, 5.74) is 7.73. The molecule has 0 atom stereocenters. The van der Waals surface area contributed by atoms with Crippen LogP contribution in [0.3, 0.4) is 0 Å². The molecular weight excluding hydrogens is 278 g/mol. The molecule has 0 aliphatic rings. The van der Waals surface area contributed by atoms with Gasteiger partial charge in [0.1, 0.15) is 10.6 Å². The second-order valence-corrected chi connectivity index (χ2v) is 6.20. The van der Waals surface area contributed by atoms with Gasteiger partial charge in [-0.05, 0) is 25.0 Å². The normalized spacial score (nSPS) is 11.8. The van der Waals surface area contributed by atoms with Gasteiger partial charge in [0.15, 0.2) is 5.76 Å². The molecular formula is C13H17N3O3S. The van der Waals surface area contributed by atoms with Crippen LogP contribution in [0.1, 0.15) is 22.6 Å². The van der Waals surface area contributed by atoms with Crippen LogP contribution < -0.4 is 10.5 Å². The van der Waals surface area contributed by atoms with Crippen LogP contribution in [-0.4, -0.2) is 13.6 Å². The Morgan fingerprint density at radius 1 is 1.20 bits per heavy atom. The predicted octanol–water partition coefficient (Wildman–Crippen LogP) is 1.23. The van der Waals surface area contributed by atoms with Crippen molar-refractivity contribution in [3.63, 3.8) is 0 Å². The topological polar surface area (TPSA) is 98.2 Å². The Kier molecular flexibility index (Phi) is 4.22. The summed E-state index contributed by atoms with van der Waals surface area (Å²) in [5.74, 6) is 0.286. The van der Waals surface area contributed by atoms with Crippen molar-refractivity contribution < 1.29 is 12.9 Å². The van der Waals surface area contributed by atoms with Gasteiger partial charge in [-0.25, -0.2) is 13.1 Å². The number of nitrogens with two attached hydrogens (primary N) is 1. The molecule has 2 aromatic rings. The summed E-state index contributed by atoms with van der Waals surface area (Å²) >= 11 is 0. The number of nitrogens with one attached hydrogen (secondary N) is 1. The van der Waals surface area contributed by atoms with Crippen molar-refractivity contribution in [2.24, 2.45) is 5.73 Å². The van der Waals surface area contributed by atoms with E-state index in [4.69, 9.17) is 10.3 Å². The van der Waals surface area contributed by atoms with Crippen molar-refractivity contribution in [1.29, 1.82) is 0 Å². The second kappa shape index (κ2) is 5.74. The summed E-state index contributed by atoms with van der Waals surface area (Å²) in [7, 11) is -3.62. The van der Waals surface area contributed by atoms with E-state index in [0.29, 0.717) is 12.2 Å². The quantitative estimate of drug-likeness (QED) is 0.864. The smallest absolute Gasteiger partial charge is 0.246 e. The maximum atomic E-state index is 12.2. The van der Waals surface area contributed by atoms with Crippen LogP contribution in [0.5, 0.6) is 0 Å². The fourth-order valence-electron chi connectivity index (χ4n) is 1.90. The van der Waals surface area contributed by atoms with Gasteiger partial charge in [0.2, 0.25) is 10.0 Å². The Labute approximate surface area is 118 Å². The molecule has 108 valence electrons. The van der Waals surface area contributed by atoms with Gasteiger partial charge in [-0.3, -0.25) is 0 Å². The highest BCUT2D eigenvalue weighted by molar-refractivity contribution is 7.89. The maximum absolute atomic E-state index is 12.2. The molecule has 1 aromatic heterocycles. The van der Waals surface area contributed by atoms with E-state index >= 15 is 0 Å². The number of rotatable bonds is 5. The first-order chi connectivity index (χ1) is 9.44. The number of benzene rings is 1. The lowest BCUT2D eigenvalue weighted by Crippen LogP contribution is -2.24. The molecule has 3 N–H and O–H groups in total. The number of hydrogen-bond acceptors (Lipinski definition) is 5. The van der Waals surface area contributed by atoms with Crippen LogP contribution in [0.25, 0.3) is 0 Å². The molecule has 0 aliphatic carbocycles. The van der Waals surface area contributed by atoms with Crippen molar-refractivity contribution in [2.75, 3.05) is 0 Å². The lowest BCUT2D eigenvalue weighted by molar-refractivity contribution is 0.390. The van der Waals surface area contributed by atoms with Crippen molar-refractivity contribution in [1.82, 2.24) is 9.88 Å². The molecule has 0 bridgehead atoms. The van der Waals surface area contributed by atoms with E-state index < -0.39 is 10.0 Å². The van der Waals surface area contributed by atoms with Gasteiger partial charge in [0.05, 0.1) is 0 Å². The van der Waals surface area contributed by atoms with Gasteiger partial charge in [0.25, 0.3) is 0 Å². The highest BCUT2D eigenvalue weighted by Gasteiger charge is 2.23. The van der Waals surface area contributed by atoms with Crippen LogP contribution in [0, 0.1) is 13.8 Å². The van der Waals surface area contributed by atoms with Gasteiger partial charge >= 0.3 is 0 Å². The summed E-state index contributed by atoms with van der Waals surface area (Å²) in [6.45, 7) is 3.84. The van der Waals surface area contributed by atoms with Crippen LogP contribution in [0.2, 0.25) is 0 Å². The standard InChI is InChI=1S/C13H17N3O3S/c1-9-13(10(2)19-16-9)20(17,18)15-8-12-5-3-11(7-14)4-6-12/h3-6,15H,7-8,14H2,1-2H3. The molecule has 6 nitrogen and oxygen atoms in total. The molecule has 20 heavy (non-hydrogen) atoms. The number of sulfonamides is 1. The van der Waals surface area contributed by atoms with Gasteiger partial charge in [-0.15, -0.1) is 0 Å². The Bertz CT molecular complexity index is 671. The van der Waals surface area contributed by atoms with E-state index in [9.17, 15) is 8.42 Å². The molecule has 0 fully saturated rings. The van der Waals surface area contributed by atoms with E-state index in [-0.39, 0.29) is 17.2 Å². The Morgan fingerprint density at radius 2 is 1.80 bits per heavy atom. The molecule has 0 radical (unpaired) electrons. The molecule has 0 unspecified atom stereocenters. The minimum atomic E-state index is -3.62. The minimum absolute atomic E-state index is 0.107. The monoisotopic (exact) mass is 295 g/mol. The number of hydrogen-bond donors (Lipinski definition) is 2. The zero-order chi connectivity index (χ0) is 14.8. The highest BCUT2D eigenvalue weighted by atomic mass is 32.2. The Balaban J connectivity index is 2.13. The highest BCUT2D eigenvalue weighted by Crippen LogP contribution is 2.18. The van der Waals surface area contributed by atoms with Gasteiger partial charge < -0.3 is 10.3 Å². The molecule has 0 amide bonds. The van der Waals surface area contributed by atoms with E-state index in [1.807, 2.05) is 24.3 Å². The average molecular weight is 295 g/mol. The van der Waals surface area contributed by atoms with E-state index in [1.54, 1.807) is 13.8 Å². The third-order valence-corrected chi connectivity index (χ3v) is 4.61. The first-order valence-corrected chi connectivity index (χ1v) is 7.63. The molecule has 0 saturated heterocycles. The molecule has 1 heterocycles. The lowest BCUT2D eigenvalue weighted by Gasteiger charge is -2.07. The summed E-state index contributed by atoms with van der Waals surface area (Å²) in [4.78, 5) is 0.107. The fourth-order valence-corrected chi connectivity index (χ4v) is 3.24. The maximum Gasteiger partial charge on any atom is 0.246 e. The zero-order valence-corrected chi connectivity index (χ0v) is 12.2. The van der Waals surface area contributed by atoms with Crippen molar-refractivity contribution >= 4 is 10.0 Å². The summed E-state index contributed by atoms with van der Waals surface area (Å²) in [6.07, 6.45) is 0. The van der Waals surface area contributed by atoms with Crippen molar-refractivity contribution in [3.8, 4) is 0 Å². The van der Waals surface area contributed by atoms with Crippen LogP contribution >= 0.6 is 0 Å².